The summed E-state index contributed by atoms with van der Waals surface area (Å²) in [6.07, 6.45) is 1.74. The van der Waals surface area contributed by atoms with E-state index in [0.717, 1.165) is 48.0 Å². The van der Waals surface area contributed by atoms with Gasteiger partial charge in [0.05, 0.1) is 5.52 Å². The maximum atomic E-state index is 12.6. The number of phenols is 1. The molecule has 0 spiro atoms. The zero-order valence-corrected chi connectivity index (χ0v) is 14.7. The second-order valence-corrected chi connectivity index (χ2v) is 6.92. The maximum Gasteiger partial charge on any atom is 0.228 e. The van der Waals surface area contributed by atoms with E-state index in [1.54, 1.807) is 12.1 Å². The van der Waals surface area contributed by atoms with Crippen LogP contribution < -0.4 is 5.32 Å². The number of fused-ring (bicyclic) bond motifs is 1. The van der Waals surface area contributed by atoms with Crippen LogP contribution in [0, 0.1) is 5.92 Å². The van der Waals surface area contributed by atoms with Gasteiger partial charge < -0.3 is 15.3 Å². The number of anilines is 1. The topological polar surface area (TPSA) is 81.2 Å². The maximum absolute atomic E-state index is 12.6. The van der Waals surface area contributed by atoms with Crippen LogP contribution in [-0.4, -0.2) is 46.2 Å². The zero-order chi connectivity index (χ0) is 18.1. The van der Waals surface area contributed by atoms with Crippen LogP contribution in [0.3, 0.4) is 0 Å². The second kappa shape index (κ2) is 6.80. The number of rotatable bonds is 3. The molecule has 6 heteroatoms. The molecule has 1 saturated heterocycles. The van der Waals surface area contributed by atoms with Crippen LogP contribution in [0.2, 0.25) is 0 Å². The van der Waals surface area contributed by atoms with Gasteiger partial charge in [0.25, 0.3) is 0 Å². The highest BCUT2D eigenvalue weighted by Crippen LogP contribution is 2.32. The summed E-state index contributed by atoms with van der Waals surface area (Å²) in [5.74, 6) is 0.826. The lowest BCUT2D eigenvalue weighted by Gasteiger charge is -2.27. The Hall–Kier alpha value is -2.86. The Balaban J connectivity index is 1.61. The lowest BCUT2D eigenvalue weighted by atomic mass is 9.96. The third-order valence-electron chi connectivity index (χ3n) is 5.11. The van der Waals surface area contributed by atoms with Crippen molar-refractivity contribution in [3.63, 3.8) is 0 Å². The van der Waals surface area contributed by atoms with Crippen LogP contribution in [0.5, 0.6) is 5.75 Å². The fourth-order valence-electron chi connectivity index (χ4n) is 3.48. The number of amides is 1. The van der Waals surface area contributed by atoms with Gasteiger partial charge in [0.15, 0.2) is 5.82 Å². The smallest absolute Gasteiger partial charge is 0.228 e. The summed E-state index contributed by atoms with van der Waals surface area (Å²) in [5, 5.41) is 21.1. The van der Waals surface area contributed by atoms with Crippen LogP contribution in [0.25, 0.3) is 22.0 Å². The predicted molar refractivity (Wildman–Crippen MR) is 102 cm³/mol. The molecule has 0 bridgehead atoms. The number of nitrogens with zero attached hydrogens (tertiary/aromatic N) is 2. The van der Waals surface area contributed by atoms with Crippen LogP contribution >= 0.6 is 0 Å². The molecule has 134 valence electrons. The van der Waals surface area contributed by atoms with Crippen molar-refractivity contribution in [2.24, 2.45) is 5.92 Å². The van der Waals surface area contributed by atoms with E-state index < -0.39 is 0 Å². The Morgan fingerprint density at radius 1 is 1.23 bits per heavy atom. The van der Waals surface area contributed by atoms with E-state index in [-0.39, 0.29) is 17.6 Å². The SMILES string of the molecule is CN1CCC(C(=O)Nc2n[nH]c3ccc(-c4ccccc4O)cc23)CC1. The fraction of sp³-hybridized carbons (Fsp3) is 0.300. The van der Waals surface area contributed by atoms with E-state index in [0.29, 0.717) is 5.82 Å². The molecule has 4 rings (SSSR count). The van der Waals surface area contributed by atoms with Crippen molar-refractivity contribution in [3.8, 4) is 16.9 Å². The minimum atomic E-state index is 0.0271. The first kappa shape index (κ1) is 16.6. The highest BCUT2D eigenvalue weighted by Gasteiger charge is 2.24. The molecule has 2 aromatic carbocycles. The molecule has 1 aromatic heterocycles. The Labute approximate surface area is 151 Å². The van der Waals surface area contributed by atoms with Crippen LogP contribution in [-0.2, 0) is 4.79 Å². The highest BCUT2D eigenvalue weighted by molar-refractivity contribution is 6.01. The van der Waals surface area contributed by atoms with Crippen molar-refractivity contribution >= 4 is 22.6 Å². The molecule has 0 aliphatic carbocycles. The van der Waals surface area contributed by atoms with Crippen LogP contribution in [0.4, 0.5) is 5.82 Å². The van der Waals surface area contributed by atoms with E-state index in [1.807, 2.05) is 30.3 Å². The monoisotopic (exact) mass is 350 g/mol. The number of nitrogens with one attached hydrogen (secondary N) is 2. The number of hydrogen-bond donors (Lipinski definition) is 3. The summed E-state index contributed by atoms with van der Waals surface area (Å²) >= 11 is 0. The van der Waals surface area contributed by atoms with Crippen molar-refractivity contribution in [1.82, 2.24) is 15.1 Å². The third-order valence-corrected chi connectivity index (χ3v) is 5.11. The van der Waals surface area contributed by atoms with Gasteiger partial charge in [-0.2, -0.15) is 5.10 Å². The minimum absolute atomic E-state index is 0.0271. The summed E-state index contributed by atoms with van der Waals surface area (Å²) in [5.41, 5.74) is 2.48. The Morgan fingerprint density at radius 2 is 2.00 bits per heavy atom. The van der Waals surface area contributed by atoms with Crippen molar-refractivity contribution < 1.29 is 9.90 Å². The number of phenolic OH excluding ortho intramolecular Hbond substituents is 1. The molecule has 0 atom stereocenters. The quantitative estimate of drug-likeness (QED) is 0.677. The average molecular weight is 350 g/mol. The molecular weight excluding hydrogens is 328 g/mol. The van der Waals surface area contributed by atoms with Crippen molar-refractivity contribution in [1.29, 1.82) is 0 Å². The van der Waals surface area contributed by atoms with Gasteiger partial charge in [-0.15, -0.1) is 0 Å². The second-order valence-electron chi connectivity index (χ2n) is 6.92. The molecule has 1 aliphatic rings. The summed E-state index contributed by atoms with van der Waals surface area (Å²) < 4.78 is 0. The number of benzene rings is 2. The molecule has 1 amide bonds. The minimum Gasteiger partial charge on any atom is -0.507 e. The lowest BCUT2D eigenvalue weighted by molar-refractivity contribution is -0.121. The Kier molecular flexibility index (Phi) is 4.34. The van der Waals surface area contributed by atoms with E-state index >= 15 is 0 Å². The average Bonchev–Trinajstić information content (AvgIpc) is 3.05. The van der Waals surface area contributed by atoms with Crippen molar-refractivity contribution in [2.45, 2.75) is 12.8 Å². The van der Waals surface area contributed by atoms with Crippen molar-refractivity contribution in [2.75, 3.05) is 25.5 Å². The Bertz CT molecular complexity index is 942. The first-order chi connectivity index (χ1) is 12.6. The summed E-state index contributed by atoms with van der Waals surface area (Å²) in [7, 11) is 2.08. The number of piperidine rings is 1. The number of H-pyrrole nitrogens is 1. The van der Waals surface area contributed by atoms with Crippen LogP contribution in [0.1, 0.15) is 12.8 Å². The predicted octanol–water partition coefficient (Wildman–Crippen LogP) is 3.22. The van der Waals surface area contributed by atoms with Gasteiger partial charge in [-0.1, -0.05) is 24.3 Å². The first-order valence-corrected chi connectivity index (χ1v) is 8.88. The van der Waals surface area contributed by atoms with Gasteiger partial charge in [-0.25, -0.2) is 0 Å². The number of aromatic hydroxyl groups is 1. The fourth-order valence-corrected chi connectivity index (χ4v) is 3.48. The largest absolute Gasteiger partial charge is 0.507 e. The number of aromatic nitrogens is 2. The van der Waals surface area contributed by atoms with Crippen molar-refractivity contribution in [3.05, 3.63) is 42.5 Å². The van der Waals surface area contributed by atoms with Gasteiger partial charge in [-0.05, 0) is 56.7 Å². The molecule has 0 unspecified atom stereocenters. The van der Waals surface area contributed by atoms with Gasteiger partial charge in [0.2, 0.25) is 5.91 Å². The molecule has 26 heavy (non-hydrogen) atoms. The van der Waals surface area contributed by atoms with E-state index in [9.17, 15) is 9.90 Å². The molecule has 3 N–H and O–H groups in total. The molecule has 1 fully saturated rings. The first-order valence-electron chi connectivity index (χ1n) is 8.88. The van der Waals surface area contributed by atoms with Gasteiger partial charge in [0, 0.05) is 16.9 Å². The van der Waals surface area contributed by atoms with Gasteiger partial charge in [-0.3, -0.25) is 9.89 Å². The number of carbonyl (C=O) groups excluding carboxylic acids is 1. The highest BCUT2D eigenvalue weighted by atomic mass is 16.3. The van der Waals surface area contributed by atoms with Gasteiger partial charge in [0.1, 0.15) is 5.75 Å². The summed E-state index contributed by atoms with van der Waals surface area (Å²) in [6, 6.07) is 13.0. The molecule has 6 nitrogen and oxygen atoms in total. The third kappa shape index (κ3) is 3.15. The summed E-state index contributed by atoms with van der Waals surface area (Å²) in [4.78, 5) is 14.8. The van der Waals surface area contributed by atoms with E-state index in [1.165, 1.54) is 0 Å². The molecule has 3 aromatic rings. The summed E-state index contributed by atoms with van der Waals surface area (Å²) in [6.45, 7) is 1.88. The molecule has 0 saturated carbocycles. The van der Waals surface area contributed by atoms with Gasteiger partial charge >= 0.3 is 0 Å². The number of para-hydroxylation sites is 1. The molecule has 1 aliphatic heterocycles. The normalized spacial score (nSPS) is 16.0. The number of hydrogen-bond acceptors (Lipinski definition) is 4. The van der Waals surface area contributed by atoms with E-state index in [2.05, 4.69) is 27.5 Å². The number of likely N-dealkylation sites (tertiary alicyclic amines) is 1. The molecule has 2 heterocycles. The molecular formula is C20H22N4O2. The van der Waals surface area contributed by atoms with E-state index in [4.69, 9.17) is 0 Å². The lowest BCUT2D eigenvalue weighted by Crippen LogP contribution is -2.36. The van der Waals surface area contributed by atoms with Crippen LogP contribution in [0.15, 0.2) is 42.5 Å². The standard InChI is InChI=1S/C20H22N4O2/c1-24-10-8-13(9-11-24)20(26)21-19-16-12-14(6-7-17(16)22-23-19)15-4-2-3-5-18(15)25/h2-7,12-13,25H,8-11H2,1H3,(H2,21,22,23,26). The Morgan fingerprint density at radius 3 is 2.77 bits per heavy atom. The number of carbonyl (C=O) groups is 1. The number of aromatic amines is 1. The zero-order valence-electron chi connectivity index (χ0n) is 14.7. The molecule has 0 radical (unpaired) electrons.